The molecule has 13 heteroatoms. The van der Waals surface area contributed by atoms with Crippen LogP contribution < -0.4 is 14.8 Å². The summed E-state index contributed by atoms with van der Waals surface area (Å²) in [7, 11) is -2.01. The van der Waals surface area contributed by atoms with Crippen molar-refractivity contribution in [3.8, 4) is 11.8 Å². The summed E-state index contributed by atoms with van der Waals surface area (Å²) in [5.74, 6) is -1.38. The van der Waals surface area contributed by atoms with Crippen LogP contribution in [0.25, 0.3) is 10.8 Å². The topological polar surface area (TPSA) is 128 Å². The molecule has 0 radical (unpaired) electrons. The molecule has 1 aliphatic carbocycles. The lowest BCUT2D eigenvalue weighted by Crippen LogP contribution is -2.31. The summed E-state index contributed by atoms with van der Waals surface area (Å²) in [4.78, 5) is 21.6. The summed E-state index contributed by atoms with van der Waals surface area (Å²) in [5, 5.41) is 13.8. The lowest BCUT2D eigenvalue weighted by molar-refractivity contribution is -0.184. The molecule has 3 aromatic rings. The average molecular weight is 596 g/mol. The molecule has 0 spiro atoms. The van der Waals surface area contributed by atoms with Crippen molar-refractivity contribution in [2.75, 3.05) is 26.1 Å². The molecule has 4 rings (SSSR count). The Balaban J connectivity index is 1.48. The van der Waals surface area contributed by atoms with E-state index in [9.17, 15) is 31.5 Å². The summed E-state index contributed by atoms with van der Waals surface area (Å²) >= 11 is 0. The largest absolute Gasteiger partial charge is 0.481 e. The van der Waals surface area contributed by atoms with Gasteiger partial charge < -0.3 is 19.9 Å². The molecule has 1 amide bonds. The monoisotopic (exact) mass is 595 g/mol. The number of aliphatic hydroxyl groups is 1. The van der Waals surface area contributed by atoms with Gasteiger partial charge in [-0.1, -0.05) is 6.92 Å². The van der Waals surface area contributed by atoms with E-state index in [2.05, 4.69) is 15.3 Å². The minimum Gasteiger partial charge on any atom is -0.481 e. The predicted molar refractivity (Wildman–Crippen MR) is 145 cm³/mol. The normalized spacial score (nSPS) is 18.6. The smallest absolute Gasteiger partial charge is 0.391 e. The Labute approximate surface area is 236 Å². The molecule has 2 heterocycles. The number of aliphatic hydroxyl groups excluding tert-OH is 1. The number of amides is 1. The van der Waals surface area contributed by atoms with Crippen molar-refractivity contribution in [1.82, 2.24) is 15.3 Å². The van der Waals surface area contributed by atoms with Crippen LogP contribution >= 0.6 is 0 Å². The second-order valence-corrected chi connectivity index (χ2v) is 12.3. The van der Waals surface area contributed by atoms with Crippen molar-refractivity contribution in [3.05, 3.63) is 53.9 Å². The summed E-state index contributed by atoms with van der Waals surface area (Å²) in [6, 6.07) is 8.40. The highest BCUT2D eigenvalue weighted by Gasteiger charge is 2.41. The van der Waals surface area contributed by atoms with Gasteiger partial charge in [0.1, 0.15) is 0 Å². The van der Waals surface area contributed by atoms with E-state index in [0.29, 0.717) is 29.3 Å². The van der Waals surface area contributed by atoms with E-state index in [4.69, 9.17) is 9.47 Å². The molecule has 1 fully saturated rings. The highest BCUT2D eigenvalue weighted by molar-refractivity contribution is 7.91. The first-order valence-corrected chi connectivity index (χ1v) is 14.9. The van der Waals surface area contributed by atoms with Crippen molar-refractivity contribution in [3.63, 3.8) is 0 Å². The van der Waals surface area contributed by atoms with E-state index in [1.807, 2.05) is 0 Å². The Kier molecular flexibility index (Phi) is 9.37. The molecule has 0 bridgehead atoms. The number of nitrogens with zero attached hydrogens (tertiary/aromatic N) is 2. The number of aromatic nitrogens is 2. The Hall–Kier alpha value is -3.45. The van der Waals surface area contributed by atoms with Crippen molar-refractivity contribution in [1.29, 1.82) is 0 Å². The van der Waals surface area contributed by atoms with Gasteiger partial charge >= 0.3 is 6.18 Å². The van der Waals surface area contributed by atoms with Gasteiger partial charge in [0.05, 0.1) is 48.6 Å². The highest BCUT2D eigenvalue weighted by Crippen LogP contribution is 2.40. The lowest BCUT2D eigenvalue weighted by Gasteiger charge is -2.29. The van der Waals surface area contributed by atoms with Crippen molar-refractivity contribution in [2.24, 2.45) is 11.8 Å². The molecule has 1 aliphatic rings. The van der Waals surface area contributed by atoms with E-state index >= 15 is 0 Å². The van der Waals surface area contributed by atoms with Crippen molar-refractivity contribution in [2.45, 2.75) is 49.7 Å². The summed E-state index contributed by atoms with van der Waals surface area (Å²) in [6.45, 7) is 1.27. The zero-order valence-corrected chi connectivity index (χ0v) is 23.5. The van der Waals surface area contributed by atoms with Gasteiger partial charge in [0.25, 0.3) is 5.91 Å². The minimum absolute atomic E-state index is 0.0260. The quantitative estimate of drug-likeness (QED) is 0.347. The van der Waals surface area contributed by atoms with Gasteiger partial charge in [0, 0.05) is 23.2 Å². The molecule has 1 atom stereocenters. The third kappa shape index (κ3) is 7.25. The van der Waals surface area contributed by atoms with E-state index in [-0.39, 0.29) is 53.3 Å². The number of carbonyl (C=O) groups excluding carboxylic acids is 1. The van der Waals surface area contributed by atoms with Gasteiger partial charge in [0.15, 0.2) is 9.84 Å². The molecule has 41 heavy (non-hydrogen) atoms. The number of sulfone groups is 1. The standard InChI is InChI=1S/C28H32F3N3O6S/c1-3-41(37,38)21-9-11-23(32-14-21)24(15-35)33-26(36)18-6-10-22-19(12-18)13-25(39-2)34-27(22)40-16-17-4-7-20(8-5-17)28(29,30)31/h6,9-14,17,20,24,35H,3-5,7-8,15-16H2,1-2H3,(H,33,36)/t17?,20?,24-/m0/s1. The average Bonchev–Trinajstić information content (AvgIpc) is 2.97. The Morgan fingerprint density at radius 2 is 1.88 bits per heavy atom. The molecule has 222 valence electrons. The summed E-state index contributed by atoms with van der Waals surface area (Å²) < 4.78 is 74.3. The number of rotatable bonds is 10. The minimum atomic E-state index is -4.17. The molecule has 0 saturated heterocycles. The van der Waals surface area contributed by atoms with E-state index < -0.39 is 40.5 Å². The first kappa shape index (κ1) is 30.5. The number of pyridine rings is 2. The van der Waals surface area contributed by atoms with E-state index in [1.54, 1.807) is 24.3 Å². The van der Waals surface area contributed by atoms with Crippen LogP contribution in [0.2, 0.25) is 0 Å². The summed E-state index contributed by atoms with van der Waals surface area (Å²) in [5.41, 5.74) is 0.563. The number of fused-ring (bicyclic) bond motifs is 1. The van der Waals surface area contributed by atoms with Crippen LogP contribution in [-0.2, 0) is 9.84 Å². The zero-order valence-electron chi connectivity index (χ0n) is 22.6. The maximum absolute atomic E-state index is 13.1. The van der Waals surface area contributed by atoms with Crippen LogP contribution in [0.5, 0.6) is 11.8 Å². The van der Waals surface area contributed by atoms with Gasteiger partial charge in [-0.25, -0.2) is 8.42 Å². The number of nitrogens with one attached hydrogen (secondary N) is 1. The zero-order chi connectivity index (χ0) is 29.8. The SMILES string of the molecule is CCS(=O)(=O)c1ccc([C@H](CO)NC(=O)c2ccc3c(OCC4CCC(C(F)(F)F)CC4)nc(OC)cc3c2)nc1. The van der Waals surface area contributed by atoms with Crippen molar-refractivity contribution < 1.29 is 41.0 Å². The fourth-order valence-corrected chi connectivity index (χ4v) is 5.64. The van der Waals surface area contributed by atoms with Gasteiger partial charge in [-0.2, -0.15) is 18.2 Å². The molecular weight excluding hydrogens is 563 g/mol. The maximum atomic E-state index is 13.1. The molecule has 2 aromatic heterocycles. The van der Waals surface area contributed by atoms with E-state index in [0.717, 1.165) is 0 Å². The molecule has 0 unspecified atom stereocenters. The fourth-order valence-electron chi connectivity index (χ4n) is 4.81. The van der Waals surface area contributed by atoms with Crippen LogP contribution in [0.4, 0.5) is 13.2 Å². The number of ether oxygens (including phenoxy) is 2. The number of methoxy groups -OCH3 is 1. The van der Waals surface area contributed by atoms with E-state index in [1.165, 1.54) is 32.4 Å². The Morgan fingerprint density at radius 1 is 1.15 bits per heavy atom. The molecule has 1 aromatic carbocycles. The van der Waals surface area contributed by atoms with Crippen molar-refractivity contribution >= 4 is 26.5 Å². The number of alkyl halides is 3. The lowest BCUT2D eigenvalue weighted by atomic mass is 9.82. The maximum Gasteiger partial charge on any atom is 0.391 e. The molecule has 0 aliphatic heterocycles. The first-order chi connectivity index (χ1) is 19.4. The highest BCUT2D eigenvalue weighted by atomic mass is 32.2. The second kappa shape index (κ2) is 12.6. The number of carbonyl (C=O) groups is 1. The molecule has 9 nitrogen and oxygen atoms in total. The third-order valence-corrected chi connectivity index (χ3v) is 9.07. The van der Waals surface area contributed by atoms with Crippen LogP contribution in [-0.4, -0.2) is 61.7 Å². The first-order valence-electron chi connectivity index (χ1n) is 13.2. The number of hydrogen-bond acceptors (Lipinski definition) is 8. The van der Waals surface area contributed by atoms with Gasteiger partial charge in [-0.05, 0) is 67.3 Å². The van der Waals surface area contributed by atoms with Gasteiger partial charge in [-0.3, -0.25) is 9.78 Å². The third-order valence-electron chi connectivity index (χ3n) is 7.35. The van der Waals surface area contributed by atoms with Crippen LogP contribution in [0.3, 0.4) is 0 Å². The second-order valence-electron chi connectivity index (χ2n) is 10.0. The number of benzene rings is 1. The number of hydrogen-bond donors (Lipinski definition) is 2. The molecular formula is C28H32F3N3O6S. The number of halogens is 3. The Morgan fingerprint density at radius 3 is 2.46 bits per heavy atom. The predicted octanol–water partition coefficient (Wildman–Crippen LogP) is 4.64. The van der Waals surface area contributed by atoms with Crippen LogP contribution in [0.15, 0.2) is 47.5 Å². The van der Waals surface area contributed by atoms with Gasteiger partial charge in [0.2, 0.25) is 11.8 Å². The van der Waals surface area contributed by atoms with Crippen LogP contribution in [0, 0.1) is 11.8 Å². The molecule has 2 N–H and O–H groups in total. The fraction of sp³-hybridized carbons (Fsp3) is 0.464. The Bertz CT molecular complexity index is 1470. The van der Waals surface area contributed by atoms with Crippen LogP contribution in [0.1, 0.15) is 54.7 Å². The van der Waals surface area contributed by atoms with Gasteiger partial charge in [-0.15, -0.1) is 0 Å². The summed E-state index contributed by atoms with van der Waals surface area (Å²) in [6.07, 6.45) is -2.00. The molecule has 1 saturated carbocycles.